The topological polar surface area (TPSA) is 36.4 Å². The van der Waals surface area contributed by atoms with Gasteiger partial charge in [-0.2, -0.15) is 0 Å². The molecule has 0 bridgehead atoms. The van der Waals surface area contributed by atoms with E-state index in [1.807, 2.05) is 16.6 Å². The Balaban J connectivity index is 1.33. The summed E-state index contributed by atoms with van der Waals surface area (Å²) in [5.74, 6) is 1.27. The lowest BCUT2D eigenvalue weighted by atomic mass is 9.72. The van der Waals surface area contributed by atoms with E-state index in [-0.39, 0.29) is 5.41 Å². The SMILES string of the molecule is O=C1N(Cc2cncs2)CC12CCCN(CC1CCCCC1)C2. The fourth-order valence-corrected chi connectivity index (χ4v) is 5.42. The second kappa shape index (κ2) is 6.52. The Labute approximate surface area is 142 Å². The molecule has 126 valence electrons. The lowest BCUT2D eigenvalue weighted by Gasteiger charge is -2.53. The van der Waals surface area contributed by atoms with Crippen molar-refractivity contribution in [2.45, 2.75) is 51.5 Å². The minimum atomic E-state index is -0.0579. The highest BCUT2D eigenvalue weighted by atomic mass is 32.1. The molecule has 3 fully saturated rings. The van der Waals surface area contributed by atoms with Crippen LogP contribution in [0.1, 0.15) is 49.8 Å². The second-order valence-electron chi connectivity index (χ2n) is 7.75. The van der Waals surface area contributed by atoms with Gasteiger partial charge in [-0.05, 0) is 38.1 Å². The van der Waals surface area contributed by atoms with Gasteiger partial charge in [0.2, 0.25) is 5.91 Å². The Morgan fingerprint density at radius 3 is 2.83 bits per heavy atom. The molecule has 0 radical (unpaired) electrons. The molecule has 1 spiro atoms. The summed E-state index contributed by atoms with van der Waals surface area (Å²) < 4.78 is 0. The second-order valence-corrected chi connectivity index (χ2v) is 8.72. The van der Waals surface area contributed by atoms with E-state index >= 15 is 0 Å². The number of aromatic nitrogens is 1. The number of hydrogen-bond donors (Lipinski definition) is 0. The summed E-state index contributed by atoms with van der Waals surface area (Å²) in [4.78, 5) is 22.7. The van der Waals surface area contributed by atoms with E-state index in [4.69, 9.17) is 0 Å². The molecule has 1 saturated carbocycles. The zero-order valence-electron chi connectivity index (χ0n) is 13.9. The molecule has 0 N–H and O–H groups in total. The number of hydrogen-bond acceptors (Lipinski definition) is 4. The third kappa shape index (κ3) is 3.18. The standard InChI is InChI=1S/C18H27N3OS/c22-17-18(13-21(17)11-16-9-19-14-23-16)7-4-8-20(12-18)10-15-5-2-1-3-6-15/h9,14-15H,1-8,10-13H2. The van der Waals surface area contributed by atoms with Crippen molar-refractivity contribution in [2.75, 3.05) is 26.2 Å². The van der Waals surface area contributed by atoms with Crippen molar-refractivity contribution in [3.8, 4) is 0 Å². The van der Waals surface area contributed by atoms with Gasteiger partial charge in [-0.1, -0.05) is 19.3 Å². The molecule has 2 aliphatic heterocycles. The first-order chi connectivity index (χ1) is 11.3. The van der Waals surface area contributed by atoms with Gasteiger partial charge >= 0.3 is 0 Å². The maximum absolute atomic E-state index is 12.8. The summed E-state index contributed by atoms with van der Waals surface area (Å²) in [6, 6.07) is 0. The van der Waals surface area contributed by atoms with Crippen molar-refractivity contribution < 1.29 is 4.79 Å². The molecule has 5 heteroatoms. The first kappa shape index (κ1) is 15.6. The van der Waals surface area contributed by atoms with Gasteiger partial charge in [0.1, 0.15) is 0 Å². The lowest BCUT2D eigenvalue weighted by Crippen LogP contribution is -2.66. The van der Waals surface area contributed by atoms with Crippen LogP contribution < -0.4 is 0 Å². The fraction of sp³-hybridized carbons (Fsp3) is 0.778. The normalized spacial score (nSPS) is 29.9. The van der Waals surface area contributed by atoms with Crippen LogP contribution in [0.15, 0.2) is 11.7 Å². The zero-order valence-corrected chi connectivity index (χ0v) is 14.7. The number of nitrogens with zero attached hydrogens (tertiary/aromatic N) is 3. The number of likely N-dealkylation sites (tertiary alicyclic amines) is 2. The molecule has 1 atom stereocenters. The average molecular weight is 334 g/mol. The fourth-order valence-electron chi connectivity index (χ4n) is 4.81. The summed E-state index contributed by atoms with van der Waals surface area (Å²) in [7, 11) is 0. The maximum Gasteiger partial charge on any atom is 0.232 e. The van der Waals surface area contributed by atoms with Gasteiger partial charge < -0.3 is 9.80 Å². The number of thiazole rings is 1. The van der Waals surface area contributed by atoms with Crippen LogP contribution in [0.2, 0.25) is 0 Å². The minimum Gasteiger partial charge on any atom is -0.336 e. The van der Waals surface area contributed by atoms with Crippen LogP contribution in [0.3, 0.4) is 0 Å². The van der Waals surface area contributed by atoms with Crippen molar-refractivity contribution in [3.63, 3.8) is 0 Å². The van der Waals surface area contributed by atoms with Crippen LogP contribution in [0.5, 0.6) is 0 Å². The molecular weight excluding hydrogens is 306 g/mol. The molecule has 23 heavy (non-hydrogen) atoms. The highest BCUT2D eigenvalue weighted by molar-refractivity contribution is 7.09. The molecule has 1 aliphatic carbocycles. The monoisotopic (exact) mass is 333 g/mol. The first-order valence-corrected chi connectivity index (χ1v) is 10.0. The first-order valence-electron chi connectivity index (χ1n) is 9.14. The molecule has 2 saturated heterocycles. The van der Waals surface area contributed by atoms with Gasteiger partial charge in [-0.25, -0.2) is 0 Å². The van der Waals surface area contributed by atoms with Gasteiger partial charge in [0.05, 0.1) is 17.5 Å². The maximum atomic E-state index is 12.8. The van der Waals surface area contributed by atoms with E-state index in [0.29, 0.717) is 5.91 Å². The van der Waals surface area contributed by atoms with Gasteiger partial charge in [0.15, 0.2) is 0 Å². The predicted octanol–water partition coefficient (Wildman–Crippen LogP) is 3.15. The van der Waals surface area contributed by atoms with E-state index in [0.717, 1.165) is 32.0 Å². The van der Waals surface area contributed by atoms with Crippen LogP contribution in [-0.2, 0) is 11.3 Å². The Kier molecular flexibility index (Phi) is 4.41. The highest BCUT2D eigenvalue weighted by Crippen LogP contribution is 2.41. The number of carbonyl (C=O) groups excluding carboxylic acids is 1. The predicted molar refractivity (Wildman–Crippen MR) is 92.2 cm³/mol. The van der Waals surface area contributed by atoms with Gasteiger partial charge in [-0.3, -0.25) is 9.78 Å². The summed E-state index contributed by atoms with van der Waals surface area (Å²) in [6.45, 7) is 5.13. The molecular formula is C18H27N3OS. The number of carbonyl (C=O) groups is 1. The van der Waals surface area contributed by atoms with Crippen LogP contribution in [0.4, 0.5) is 0 Å². The van der Waals surface area contributed by atoms with Crippen LogP contribution in [0, 0.1) is 11.3 Å². The third-order valence-electron chi connectivity index (χ3n) is 5.96. The Hall–Kier alpha value is -0.940. The molecule has 0 aromatic carbocycles. The molecule has 3 heterocycles. The van der Waals surface area contributed by atoms with Crippen LogP contribution >= 0.6 is 11.3 Å². The Morgan fingerprint density at radius 2 is 2.09 bits per heavy atom. The zero-order chi connectivity index (χ0) is 15.7. The molecule has 4 rings (SSSR count). The van der Waals surface area contributed by atoms with Gasteiger partial charge in [0, 0.05) is 30.7 Å². The molecule has 1 aromatic heterocycles. The number of piperidine rings is 1. The highest BCUT2D eigenvalue weighted by Gasteiger charge is 2.53. The molecule has 1 amide bonds. The van der Waals surface area contributed by atoms with E-state index in [1.54, 1.807) is 11.3 Å². The van der Waals surface area contributed by atoms with Crippen molar-refractivity contribution in [3.05, 3.63) is 16.6 Å². The lowest BCUT2D eigenvalue weighted by molar-refractivity contribution is -0.167. The smallest absolute Gasteiger partial charge is 0.232 e. The summed E-state index contributed by atoms with van der Waals surface area (Å²) >= 11 is 1.65. The largest absolute Gasteiger partial charge is 0.336 e. The quantitative estimate of drug-likeness (QED) is 0.794. The molecule has 1 aromatic rings. The van der Waals surface area contributed by atoms with Crippen LogP contribution in [-0.4, -0.2) is 46.9 Å². The summed E-state index contributed by atoms with van der Waals surface area (Å²) in [6.07, 6.45) is 11.2. The van der Waals surface area contributed by atoms with E-state index in [9.17, 15) is 4.79 Å². The third-order valence-corrected chi connectivity index (χ3v) is 6.73. The average Bonchev–Trinajstić information content (AvgIpc) is 3.09. The summed E-state index contributed by atoms with van der Waals surface area (Å²) in [5, 5.41) is 0. The van der Waals surface area contributed by atoms with E-state index in [2.05, 4.69) is 9.88 Å². The van der Waals surface area contributed by atoms with Crippen molar-refractivity contribution >= 4 is 17.2 Å². The van der Waals surface area contributed by atoms with Crippen LogP contribution in [0.25, 0.3) is 0 Å². The van der Waals surface area contributed by atoms with Gasteiger partial charge in [0.25, 0.3) is 0 Å². The number of amides is 1. The Morgan fingerprint density at radius 1 is 1.22 bits per heavy atom. The van der Waals surface area contributed by atoms with Gasteiger partial charge in [-0.15, -0.1) is 11.3 Å². The van der Waals surface area contributed by atoms with Crippen molar-refractivity contribution in [1.82, 2.24) is 14.8 Å². The van der Waals surface area contributed by atoms with E-state index < -0.39 is 0 Å². The molecule has 4 nitrogen and oxygen atoms in total. The van der Waals surface area contributed by atoms with Crippen molar-refractivity contribution in [2.24, 2.45) is 11.3 Å². The molecule has 1 unspecified atom stereocenters. The minimum absolute atomic E-state index is 0.0579. The number of rotatable bonds is 4. The molecule has 3 aliphatic rings. The number of β-lactam (4-membered cyclic amide) rings is 1. The Bertz CT molecular complexity index is 540. The van der Waals surface area contributed by atoms with Crippen molar-refractivity contribution in [1.29, 1.82) is 0 Å². The summed E-state index contributed by atoms with van der Waals surface area (Å²) in [5.41, 5.74) is 1.79. The van der Waals surface area contributed by atoms with E-state index in [1.165, 1.54) is 56.5 Å².